The molecule has 1 aliphatic carbocycles. The van der Waals surface area contributed by atoms with Crippen LogP contribution < -0.4 is 9.64 Å². The van der Waals surface area contributed by atoms with Crippen molar-refractivity contribution in [3.8, 4) is 5.75 Å². The van der Waals surface area contributed by atoms with E-state index >= 15 is 4.39 Å². The molecule has 11 heteroatoms. The zero-order valence-electron chi connectivity index (χ0n) is 19.4. The first-order valence-corrected chi connectivity index (χ1v) is 12.9. The Morgan fingerprint density at radius 2 is 1.83 bits per heavy atom. The number of benzene rings is 2. The van der Waals surface area contributed by atoms with E-state index in [1.165, 1.54) is 35.5 Å². The molecule has 1 saturated heterocycles. The standard InChI is InChI=1S/C24H28F3N3O4S/c1-17(31)28-10-12-29(13-11-28)20-9-8-18(23(25)14-20)16-30(19-4-2-5-19)35(32,33)22-7-3-6-21(15-22)34-24(26)27/h3,6-9,14-15,19,24H,2,4-5,10-13,16H2,1H3. The molecule has 0 spiro atoms. The summed E-state index contributed by atoms with van der Waals surface area (Å²) in [6, 6.07) is 9.41. The zero-order chi connectivity index (χ0) is 25.2. The van der Waals surface area contributed by atoms with Crippen LogP contribution in [-0.4, -0.2) is 62.4 Å². The summed E-state index contributed by atoms with van der Waals surface area (Å²) in [5.74, 6) is -0.768. The summed E-state index contributed by atoms with van der Waals surface area (Å²) in [5, 5.41) is 0. The van der Waals surface area contributed by atoms with E-state index in [1.54, 1.807) is 17.0 Å². The summed E-state index contributed by atoms with van der Waals surface area (Å²) < 4.78 is 72.8. The Labute approximate surface area is 203 Å². The molecule has 0 aromatic heterocycles. The molecule has 7 nitrogen and oxygen atoms in total. The lowest BCUT2D eigenvalue weighted by Crippen LogP contribution is -2.48. The number of amides is 1. The van der Waals surface area contributed by atoms with E-state index in [-0.39, 0.29) is 34.7 Å². The van der Waals surface area contributed by atoms with Crippen LogP contribution in [0.1, 0.15) is 31.7 Å². The number of hydrogen-bond acceptors (Lipinski definition) is 5. The van der Waals surface area contributed by atoms with E-state index in [0.717, 1.165) is 12.5 Å². The van der Waals surface area contributed by atoms with Gasteiger partial charge in [-0.15, -0.1) is 0 Å². The van der Waals surface area contributed by atoms with Crippen molar-refractivity contribution in [2.24, 2.45) is 0 Å². The normalized spacial score (nSPS) is 17.1. The molecule has 4 rings (SSSR count). The second-order valence-corrected chi connectivity index (χ2v) is 10.6. The number of rotatable bonds is 8. The van der Waals surface area contributed by atoms with Gasteiger partial charge < -0.3 is 14.5 Å². The summed E-state index contributed by atoms with van der Waals surface area (Å²) in [6.07, 6.45) is 2.15. The number of piperazine rings is 1. The van der Waals surface area contributed by atoms with Gasteiger partial charge in [0.1, 0.15) is 11.6 Å². The molecule has 0 radical (unpaired) electrons. The third kappa shape index (κ3) is 5.72. The molecule has 0 N–H and O–H groups in total. The molecule has 1 amide bonds. The van der Waals surface area contributed by atoms with Crippen LogP contribution >= 0.6 is 0 Å². The van der Waals surface area contributed by atoms with Crippen LogP contribution in [0.4, 0.5) is 18.9 Å². The number of hydrogen-bond donors (Lipinski definition) is 0. The molecule has 0 bridgehead atoms. The molecule has 0 unspecified atom stereocenters. The first-order valence-electron chi connectivity index (χ1n) is 11.5. The van der Waals surface area contributed by atoms with Gasteiger partial charge in [-0.3, -0.25) is 4.79 Å². The molecule has 1 aliphatic heterocycles. The van der Waals surface area contributed by atoms with Crippen molar-refractivity contribution in [2.75, 3.05) is 31.1 Å². The zero-order valence-corrected chi connectivity index (χ0v) is 20.2. The van der Waals surface area contributed by atoms with E-state index in [1.807, 2.05) is 4.90 Å². The average molecular weight is 512 g/mol. The van der Waals surface area contributed by atoms with Crippen LogP contribution in [-0.2, 0) is 21.4 Å². The van der Waals surface area contributed by atoms with Gasteiger partial charge in [0.2, 0.25) is 15.9 Å². The van der Waals surface area contributed by atoms with Gasteiger partial charge in [-0.1, -0.05) is 18.6 Å². The number of sulfonamides is 1. The highest BCUT2D eigenvalue weighted by Gasteiger charge is 2.36. The van der Waals surface area contributed by atoms with Crippen LogP contribution in [0.2, 0.25) is 0 Å². The van der Waals surface area contributed by atoms with Crippen molar-refractivity contribution >= 4 is 21.6 Å². The first-order chi connectivity index (χ1) is 16.6. The smallest absolute Gasteiger partial charge is 0.387 e. The second kappa shape index (κ2) is 10.4. The molecule has 35 heavy (non-hydrogen) atoms. The Kier molecular flexibility index (Phi) is 7.56. The van der Waals surface area contributed by atoms with E-state index in [4.69, 9.17) is 0 Å². The van der Waals surface area contributed by atoms with Gasteiger partial charge in [-0.2, -0.15) is 13.1 Å². The second-order valence-electron chi connectivity index (χ2n) is 8.76. The number of carbonyl (C=O) groups is 1. The van der Waals surface area contributed by atoms with Crippen molar-refractivity contribution in [1.29, 1.82) is 0 Å². The summed E-state index contributed by atoms with van der Waals surface area (Å²) >= 11 is 0. The first kappa shape index (κ1) is 25.3. The van der Waals surface area contributed by atoms with Crippen LogP contribution in [0.3, 0.4) is 0 Å². The average Bonchev–Trinajstić information content (AvgIpc) is 2.78. The maximum absolute atomic E-state index is 15.1. The van der Waals surface area contributed by atoms with Gasteiger partial charge in [0, 0.05) is 63.0 Å². The molecule has 1 heterocycles. The number of halogens is 3. The Morgan fingerprint density at radius 1 is 1.11 bits per heavy atom. The van der Waals surface area contributed by atoms with Gasteiger partial charge in [0.15, 0.2) is 0 Å². The number of nitrogens with zero attached hydrogens (tertiary/aromatic N) is 3. The van der Waals surface area contributed by atoms with Crippen molar-refractivity contribution in [2.45, 2.75) is 50.3 Å². The fourth-order valence-corrected chi connectivity index (χ4v) is 6.04. The third-order valence-corrected chi connectivity index (χ3v) is 8.47. The Bertz CT molecular complexity index is 1170. The quantitative estimate of drug-likeness (QED) is 0.539. The molecule has 2 aliphatic rings. The number of carbonyl (C=O) groups excluding carboxylic acids is 1. The third-order valence-electron chi connectivity index (χ3n) is 6.57. The Morgan fingerprint density at radius 3 is 2.40 bits per heavy atom. The molecule has 190 valence electrons. The minimum atomic E-state index is -4.09. The summed E-state index contributed by atoms with van der Waals surface area (Å²) in [6.45, 7) is 0.552. The predicted molar refractivity (Wildman–Crippen MR) is 124 cm³/mol. The molecule has 1 saturated carbocycles. The molecule has 2 fully saturated rings. The van der Waals surface area contributed by atoms with Gasteiger partial charge in [0.05, 0.1) is 4.90 Å². The highest BCUT2D eigenvalue weighted by atomic mass is 32.2. The van der Waals surface area contributed by atoms with Crippen molar-refractivity contribution in [3.63, 3.8) is 0 Å². The highest BCUT2D eigenvalue weighted by molar-refractivity contribution is 7.89. The van der Waals surface area contributed by atoms with E-state index < -0.39 is 22.5 Å². The van der Waals surface area contributed by atoms with Crippen LogP contribution in [0, 0.1) is 5.82 Å². The number of alkyl halides is 2. The van der Waals surface area contributed by atoms with E-state index in [2.05, 4.69) is 4.74 Å². The van der Waals surface area contributed by atoms with Crippen LogP contribution in [0.5, 0.6) is 5.75 Å². The molecule has 2 aromatic rings. The molecular weight excluding hydrogens is 483 g/mol. The maximum atomic E-state index is 15.1. The minimum absolute atomic E-state index is 0.00905. The lowest BCUT2D eigenvalue weighted by molar-refractivity contribution is -0.129. The summed E-state index contributed by atoms with van der Waals surface area (Å²) in [5.41, 5.74) is 0.899. The predicted octanol–water partition coefficient (Wildman–Crippen LogP) is 3.84. The Hall–Kier alpha value is -2.79. The van der Waals surface area contributed by atoms with Crippen LogP contribution in [0.15, 0.2) is 47.4 Å². The fraction of sp³-hybridized carbons (Fsp3) is 0.458. The SMILES string of the molecule is CC(=O)N1CCN(c2ccc(CN(C3CCC3)S(=O)(=O)c3cccc(OC(F)F)c3)c(F)c2)CC1. The van der Waals surface area contributed by atoms with E-state index in [0.29, 0.717) is 44.7 Å². The number of ether oxygens (including phenoxy) is 1. The topological polar surface area (TPSA) is 70.2 Å². The van der Waals surface area contributed by atoms with Crippen LogP contribution in [0.25, 0.3) is 0 Å². The summed E-state index contributed by atoms with van der Waals surface area (Å²) in [7, 11) is -4.09. The molecule has 2 aromatic carbocycles. The van der Waals surface area contributed by atoms with Gasteiger partial charge in [-0.25, -0.2) is 12.8 Å². The van der Waals surface area contributed by atoms with E-state index in [9.17, 15) is 22.0 Å². The van der Waals surface area contributed by atoms with Crippen molar-refractivity contribution in [3.05, 3.63) is 53.8 Å². The number of anilines is 1. The monoisotopic (exact) mass is 511 g/mol. The largest absolute Gasteiger partial charge is 0.435 e. The Balaban J connectivity index is 1.54. The molecular formula is C24H28F3N3O4S. The lowest BCUT2D eigenvalue weighted by atomic mass is 9.93. The fourth-order valence-electron chi connectivity index (χ4n) is 4.34. The maximum Gasteiger partial charge on any atom is 0.387 e. The van der Waals surface area contributed by atoms with Crippen molar-refractivity contribution in [1.82, 2.24) is 9.21 Å². The van der Waals surface area contributed by atoms with Crippen molar-refractivity contribution < 1.29 is 31.1 Å². The molecule has 0 atom stereocenters. The highest BCUT2D eigenvalue weighted by Crippen LogP contribution is 2.33. The van der Waals surface area contributed by atoms with Gasteiger partial charge >= 0.3 is 6.61 Å². The summed E-state index contributed by atoms with van der Waals surface area (Å²) in [4.78, 5) is 15.1. The minimum Gasteiger partial charge on any atom is -0.435 e. The van der Waals surface area contributed by atoms with Gasteiger partial charge in [0.25, 0.3) is 0 Å². The van der Waals surface area contributed by atoms with Gasteiger partial charge in [-0.05, 0) is 37.1 Å². The lowest BCUT2D eigenvalue weighted by Gasteiger charge is -2.37.